The lowest BCUT2D eigenvalue weighted by atomic mass is 9.97. The fraction of sp³-hybridized carbons (Fsp3) is 0.200. The van der Waals surface area contributed by atoms with Crippen molar-refractivity contribution < 1.29 is 14.3 Å². The number of para-hydroxylation sites is 3. The largest absolute Gasteiger partial charge is 0.484 e. The third-order valence-electron chi connectivity index (χ3n) is 6.82. The quantitative estimate of drug-likeness (QED) is 0.377. The molecule has 6 rings (SSSR count). The van der Waals surface area contributed by atoms with Crippen LogP contribution in [0.2, 0.25) is 0 Å². The fourth-order valence-electron chi connectivity index (χ4n) is 4.99. The molecule has 1 saturated carbocycles. The number of hydrogen-bond acceptors (Lipinski definition) is 3. The van der Waals surface area contributed by atoms with Gasteiger partial charge in [0.2, 0.25) is 5.91 Å². The topological polar surface area (TPSA) is 54.8 Å². The second-order valence-electron chi connectivity index (χ2n) is 9.22. The van der Waals surface area contributed by atoms with E-state index in [1.165, 1.54) is 0 Å². The summed E-state index contributed by atoms with van der Waals surface area (Å²) < 4.78 is 7.86. The second kappa shape index (κ2) is 9.38. The Morgan fingerprint density at radius 3 is 2.19 bits per heavy atom. The summed E-state index contributed by atoms with van der Waals surface area (Å²) in [4.78, 5) is 30.8. The van der Waals surface area contributed by atoms with Crippen LogP contribution in [-0.4, -0.2) is 40.5 Å². The van der Waals surface area contributed by atoms with Crippen LogP contribution in [0.25, 0.3) is 5.69 Å². The number of amides is 2. The molecule has 0 N–H and O–H groups in total. The number of fused-ring (bicyclic) bond motifs is 3. The number of carbonyl (C=O) groups excluding carboxylic acids is 2. The predicted octanol–water partition coefficient (Wildman–Crippen LogP) is 4.98. The van der Waals surface area contributed by atoms with E-state index in [9.17, 15) is 9.59 Å². The average molecular weight is 478 g/mol. The van der Waals surface area contributed by atoms with Gasteiger partial charge in [-0.25, -0.2) is 0 Å². The Morgan fingerprint density at radius 1 is 0.806 bits per heavy atom. The molecule has 1 fully saturated rings. The van der Waals surface area contributed by atoms with Gasteiger partial charge in [-0.05, 0) is 54.8 Å². The summed E-state index contributed by atoms with van der Waals surface area (Å²) in [5.74, 6) is 0.367. The van der Waals surface area contributed by atoms with Gasteiger partial charge in [-0.1, -0.05) is 60.7 Å². The molecule has 1 aliphatic heterocycles. The lowest BCUT2D eigenvalue weighted by molar-refractivity contribution is -0.137. The molecule has 0 spiro atoms. The van der Waals surface area contributed by atoms with Crippen LogP contribution in [0.4, 0.5) is 5.69 Å². The van der Waals surface area contributed by atoms with E-state index in [2.05, 4.69) is 10.6 Å². The number of ether oxygens (including phenoxy) is 1. The number of nitrogens with zero attached hydrogens (tertiary/aromatic N) is 3. The van der Waals surface area contributed by atoms with Crippen LogP contribution in [0.1, 0.15) is 30.1 Å². The molecule has 36 heavy (non-hydrogen) atoms. The van der Waals surface area contributed by atoms with Gasteiger partial charge in [-0.3, -0.25) is 14.5 Å². The van der Waals surface area contributed by atoms with E-state index in [-0.39, 0.29) is 37.0 Å². The van der Waals surface area contributed by atoms with Crippen molar-refractivity contribution in [1.82, 2.24) is 9.47 Å². The normalized spacial score (nSPS) is 16.1. The first kappa shape index (κ1) is 22.2. The molecular weight excluding hydrogens is 450 g/mol. The molecule has 2 amide bonds. The Morgan fingerprint density at radius 2 is 1.47 bits per heavy atom. The molecule has 1 aromatic heterocycles. The maximum Gasteiger partial charge on any atom is 0.261 e. The zero-order valence-corrected chi connectivity index (χ0v) is 19.9. The van der Waals surface area contributed by atoms with Gasteiger partial charge in [-0.2, -0.15) is 0 Å². The predicted molar refractivity (Wildman–Crippen MR) is 138 cm³/mol. The van der Waals surface area contributed by atoms with E-state index in [1.54, 1.807) is 4.90 Å². The second-order valence-corrected chi connectivity index (χ2v) is 9.22. The van der Waals surface area contributed by atoms with Crippen LogP contribution in [0.5, 0.6) is 5.75 Å². The van der Waals surface area contributed by atoms with E-state index in [4.69, 9.17) is 4.74 Å². The molecule has 0 saturated heterocycles. The summed E-state index contributed by atoms with van der Waals surface area (Å²) in [7, 11) is 0. The van der Waals surface area contributed by atoms with Crippen molar-refractivity contribution in [2.45, 2.75) is 24.9 Å². The average Bonchev–Trinajstić information content (AvgIpc) is 3.65. The third-order valence-corrected chi connectivity index (χ3v) is 6.82. The van der Waals surface area contributed by atoms with Gasteiger partial charge >= 0.3 is 0 Å². The molecule has 1 atom stereocenters. The van der Waals surface area contributed by atoms with E-state index in [0.717, 1.165) is 35.5 Å². The van der Waals surface area contributed by atoms with Gasteiger partial charge < -0.3 is 14.2 Å². The number of anilines is 1. The minimum atomic E-state index is -0.291. The number of rotatable bonds is 7. The van der Waals surface area contributed by atoms with E-state index < -0.39 is 0 Å². The Kier molecular flexibility index (Phi) is 5.77. The fourth-order valence-corrected chi connectivity index (χ4v) is 4.99. The summed E-state index contributed by atoms with van der Waals surface area (Å²) in [6, 6.07) is 31.2. The van der Waals surface area contributed by atoms with Crippen molar-refractivity contribution in [3.63, 3.8) is 0 Å². The van der Waals surface area contributed by atoms with Gasteiger partial charge in [0.1, 0.15) is 18.3 Å². The summed E-state index contributed by atoms with van der Waals surface area (Å²) in [6.07, 6.45) is 3.85. The Balaban J connectivity index is 1.31. The van der Waals surface area contributed by atoms with E-state index in [1.807, 2.05) is 102 Å². The van der Waals surface area contributed by atoms with Crippen LogP contribution in [-0.2, 0) is 9.59 Å². The van der Waals surface area contributed by atoms with Crippen molar-refractivity contribution in [1.29, 1.82) is 0 Å². The maximum atomic E-state index is 14.1. The molecule has 0 radical (unpaired) electrons. The first-order valence-corrected chi connectivity index (χ1v) is 12.3. The van der Waals surface area contributed by atoms with Crippen LogP contribution in [0.3, 0.4) is 0 Å². The van der Waals surface area contributed by atoms with Crippen LogP contribution >= 0.6 is 0 Å². The SMILES string of the molecule is O=C(COc1ccccc1)N(CC(=O)N1c2ccccc2-n2cccc2C1c1ccccc1)C1CC1. The van der Waals surface area contributed by atoms with Gasteiger partial charge in [0, 0.05) is 12.2 Å². The first-order valence-electron chi connectivity index (χ1n) is 12.3. The summed E-state index contributed by atoms with van der Waals surface area (Å²) in [6.45, 7) is -0.0740. The van der Waals surface area contributed by atoms with Gasteiger partial charge in [0.15, 0.2) is 6.61 Å². The molecule has 0 bridgehead atoms. The lowest BCUT2D eigenvalue weighted by Gasteiger charge is -2.39. The van der Waals surface area contributed by atoms with Gasteiger partial charge in [-0.15, -0.1) is 0 Å². The maximum absolute atomic E-state index is 14.1. The molecule has 6 heteroatoms. The van der Waals surface area contributed by atoms with Crippen LogP contribution in [0.15, 0.2) is 103 Å². The van der Waals surface area contributed by atoms with Crippen molar-refractivity contribution in [3.8, 4) is 11.4 Å². The highest BCUT2D eigenvalue weighted by molar-refractivity contribution is 6.00. The minimum Gasteiger partial charge on any atom is -0.484 e. The molecule has 2 aliphatic rings. The smallest absolute Gasteiger partial charge is 0.261 e. The molecule has 180 valence electrons. The van der Waals surface area contributed by atoms with Crippen molar-refractivity contribution in [2.24, 2.45) is 0 Å². The molecule has 1 aliphatic carbocycles. The Labute approximate surface area is 210 Å². The molecular formula is C30H27N3O3. The van der Waals surface area contributed by atoms with E-state index in [0.29, 0.717) is 5.75 Å². The van der Waals surface area contributed by atoms with Crippen LogP contribution < -0.4 is 9.64 Å². The van der Waals surface area contributed by atoms with E-state index >= 15 is 0 Å². The van der Waals surface area contributed by atoms with Crippen molar-refractivity contribution >= 4 is 17.5 Å². The van der Waals surface area contributed by atoms with Gasteiger partial charge in [0.25, 0.3) is 5.91 Å². The monoisotopic (exact) mass is 477 g/mol. The Hall–Kier alpha value is -4.32. The van der Waals surface area contributed by atoms with Gasteiger partial charge in [0.05, 0.1) is 17.1 Å². The van der Waals surface area contributed by atoms with Crippen LogP contribution in [0, 0.1) is 0 Å². The zero-order chi connectivity index (χ0) is 24.5. The summed E-state index contributed by atoms with van der Waals surface area (Å²) in [5, 5.41) is 0. The third kappa shape index (κ3) is 4.15. The number of aromatic nitrogens is 1. The molecule has 1 unspecified atom stereocenters. The number of carbonyl (C=O) groups is 2. The standard InChI is InChI=1S/C30H27N3O3/c34-28(20-32(23-17-18-23)29(35)21-36-24-12-5-2-6-13-24)33-26-15-8-7-14-25(26)31-19-9-16-27(31)30(33)22-10-3-1-4-11-22/h1-16,19,23,30H,17-18,20-21H2. The highest BCUT2D eigenvalue weighted by Gasteiger charge is 2.39. The highest BCUT2D eigenvalue weighted by Crippen LogP contribution is 2.42. The number of hydrogen-bond donors (Lipinski definition) is 0. The summed E-state index contributed by atoms with van der Waals surface area (Å²) >= 11 is 0. The van der Waals surface area contributed by atoms with Crippen molar-refractivity contribution in [3.05, 3.63) is 115 Å². The molecule has 4 aromatic rings. The lowest BCUT2D eigenvalue weighted by Crippen LogP contribution is -2.48. The molecule has 6 nitrogen and oxygen atoms in total. The zero-order valence-electron chi connectivity index (χ0n) is 19.9. The molecule has 3 aromatic carbocycles. The van der Waals surface area contributed by atoms with Crippen molar-refractivity contribution in [2.75, 3.05) is 18.1 Å². The molecule has 2 heterocycles. The number of benzene rings is 3. The minimum absolute atomic E-state index is 0.0139. The first-order chi connectivity index (χ1) is 17.7. The Bertz CT molecular complexity index is 1380. The highest BCUT2D eigenvalue weighted by atomic mass is 16.5. The summed E-state index contributed by atoms with van der Waals surface area (Å²) in [5.41, 5.74) is 3.83.